The lowest BCUT2D eigenvalue weighted by molar-refractivity contribution is -0.141. The number of aromatic nitrogens is 1. The fourth-order valence-electron chi connectivity index (χ4n) is 2.71. The average molecular weight is 411 g/mol. The normalized spacial score (nSPS) is 15.2. The number of benzene rings is 2. The number of para-hydroxylation sites is 1. The summed E-state index contributed by atoms with van der Waals surface area (Å²) in [4.78, 5) is 15.4. The smallest absolute Gasteiger partial charge is 0.436 e. The molecule has 2 aromatic carbocycles. The van der Waals surface area contributed by atoms with Crippen molar-refractivity contribution in [1.29, 1.82) is 0 Å². The van der Waals surface area contributed by atoms with Crippen LogP contribution in [0.25, 0.3) is 0 Å². The Balaban J connectivity index is 1.60. The van der Waals surface area contributed by atoms with E-state index in [4.69, 9.17) is 21.1 Å². The second kappa shape index (κ2) is 6.75. The molecule has 1 aliphatic heterocycles. The molecule has 28 heavy (non-hydrogen) atoms. The SMILES string of the molecule is O=C(Nc1nc(C(F)(F)F)co1)OC1c2ccccc2Oc2ccc(Cl)cc21. The summed E-state index contributed by atoms with van der Waals surface area (Å²) in [6.07, 6.45) is -6.24. The number of rotatable bonds is 2. The van der Waals surface area contributed by atoms with E-state index < -0.39 is 30.1 Å². The van der Waals surface area contributed by atoms with E-state index in [1.165, 1.54) is 0 Å². The topological polar surface area (TPSA) is 73.6 Å². The number of hydrogen-bond donors (Lipinski definition) is 1. The number of alkyl halides is 3. The van der Waals surface area contributed by atoms with Gasteiger partial charge >= 0.3 is 18.3 Å². The van der Waals surface area contributed by atoms with Crippen molar-refractivity contribution >= 4 is 23.7 Å². The number of ether oxygens (including phenoxy) is 2. The second-order valence-corrected chi connectivity index (χ2v) is 6.20. The molecule has 1 N–H and O–H groups in total. The Kier molecular flexibility index (Phi) is 4.38. The van der Waals surface area contributed by atoms with Crippen LogP contribution in [0.15, 0.2) is 53.1 Å². The van der Waals surface area contributed by atoms with Crippen molar-refractivity contribution < 1.29 is 31.9 Å². The number of fused-ring (bicyclic) bond motifs is 2. The first-order valence-corrected chi connectivity index (χ1v) is 8.25. The third-order valence-electron chi connectivity index (χ3n) is 3.90. The number of nitrogens with zero attached hydrogens (tertiary/aromatic N) is 1. The Morgan fingerprint density at radius 1 is 1.14 bits per heavy atom. The molecule has 0 aliphatic carbocycles. The van der Waals surface area contributed by atoms with Gasteiger partial charge in [-0.15, -0.1) is 0 Å². The third kappa shape index (κ3) is 3.48. The molecular weight excluding hydrogens is 401 g/mol. The van der Waals surface area contributed by atoms with E-state index in [1.54, 1.807) is 42.5 Å². The summed E-state index contributed by atoms with van der Waals surface area (Å²) >= 11 is 6.04. The monoisotopic (exact) mass is 410 g/mol. The predicted octanol–water partition coefficient (Wildman–Crippen LogP) is 5.79. The van der Waals surface area contributed by atoms with E-state index in [9.17, 15) is 18.0 Å². The highest BCUT2D eigenvalue weighted by molar-refractivity contribution is 6.30. The highest BCUT2D eigenvalue weighted by atomic mass is 35.5. The lowest BCUT2D eigenvalue weighted by Gasteiger charge is -2.27. The van der Waals surface area contributed by atoms with Crippen LogP contribution < -0.4 is 10.1 Å². The van der Waals surface area contributed by atoms with Gasteiger partial charge in [-0.3, -0.25) is 0 Å². The molecule has 1 aliphatic rings. The molecule has 2 heterocycles. The van der Waals surface area contributed by atoms with Crippen LogP contribution in [-0.2, 0) is 10.9 Å². The molecule has 0 bridgehead atoms. The molecule has 0 saturated heterocycles. The molecule has 0 fully saturated rings. The van der Waals surface area contributed by atoms with Crippen LogP contribution in [0, 0.1) is 0 Å². The Morgan fingerprint density at radius 2 is 1.89 bits per heavy atom. The van der Waals surface area contributed by atoms with Crippen LogP contribution in [0.3, 0.4) is 0 Å². The Bertz CT molecular complexity index is 1050. The molecule has 1 unspecified atom stereocenters. The molecular formula is C18H10ClF3N2O4. The minimum absolute atomic E-state index is 0.397. The maximum absolute atomic E-state index is 12.6. The first-order valence-electron chi connectivity index (χ1n) is 7.88. The van der Waals surface area contributed by atoms with Crippen LogP contribution in [0.2, 0.25) is 5.02 Å². The molecule has 10 heteroatoms. The molecule has 0 spiro atoms. The lowest BCUT2D eigenvalue weighted by Crippen LogP contribution is -2.21. The molecule has 0 saturated carbocycles. The van der Waals surface area contributed by atoms with Crippen molar-refractivity contribution in [2.45, 2.75) is 12.3 Å². The van der Waals surface area contributed by atoms with Crippen LogP contribution in [0.1, 0.15) is 22.9 Å². The van der Waals surface area contributed by atoms with Gasteiger partial charge in [0, 0.05) is 16.1 Å². The molecule has 4 rings (SSSR count). The zero-order chi connectivity index (χ0) is 19.9. The maximum Gasteiger partial charge on any atom is 0.436 e. The van der Waals surface area contributed by atoms with Gasteiger partial charge in [0.05, 0.1) is 0 Å². The van der Waals surface area contributed by atoms with Crippen molar-refractivity contribution in [3.8, 4) is 11.5 Å². The number of nitrogens with one attached hydrogen (secondary N) is 1. The Morgan fingerprint density at radius 3 is 2.64 bits per heavy atom. The molecule has 1 atom stereocenters. The number of amides is 1. The fraction of sp³-hybridized carbons (Fsp3) is 0.111. The number of halogens is 4. The first kappa shape index (κ1) is 18.2. The summed E-state index contributed by atoms with van der Waals surface area (Å²) in [5.74, 6) is 0.919. The highest BCUT2D eigenvalue weighted by Gasteiger charge is 2.35. The van der Waals surface area contributed by atoms with Gasteiger partial charge in [0.15, 0.2) is 11.8 Å². The minimum atomic E-state index is -4.69. The van der Waals surface area contributed by atoms with E-state index in [-0.39, 0.29) is 0 Å². The van der Waals surface area contributed by atoms with E-state index in [2.05, 4.69) is 9.40 Å². The molecule has 1 amide bonds. The third-order valence-corrected chi connectivity index (χ3v) is 4.14. The summed E-state index contributed by atoms with van der Waals surface area (Å²) in [7, 11) is 0. The van der Waals surface area contributed by atoms with Crippen molar-refractivity contribution in [1.82, 2.24) is 4.98 Å². The van der Waals surface area contributed by atoms with Gasteiger partial charge in [-0.05, 0) is 24.3 Å². The van der Waals surface area contributed by atoms with Gasteiger partial charge < -0.3 is 13.9 Å². The van der Waals surface area contributed by atoms with E-state index in [0.717, 1.165) is 0 Å². The highest BCUT2D eigenvalue weighted by Crippen LogP contribution is 2.45. The minimum Gasteiger partial charge on any atom is -0.456 e. The van der Waals surface area contributed by atoms with Gasteiger partial charge in [0.2, 0.25) is 0 Å². The van der Waals surface area contributed by atoms with Gasteiger partial charge in [-0.2, -0.15) is 18.2 Å². The number of hydrogen-bond acceptors (Lipinski definition) is 5. The fourth-order valence-corrected chi connectivity index (χ4v) is 2.89. The van der Waals surface area contributed by atoms with Gasteiger partial charge in [0.1, 0.15) is 17.8 Å². The average Bonchev–Trinajstić information content (AvgIpc) is 3.11. The second-order valence-electron chi connectivity index (χ2n) is 5.77. The largest absolute Gasteiger partial charge is 0.456 e. The first-order chi connectivity index (χ1) is 13.3. The predicted molar refractivity (Wildman–Crippen MR) is 91.4 cm³/mol. The summed E-state index contributed by atoms with van der Waals surface area (Å²) in [6, 6.07) is 11.1. The van der Waals surface area contributed by atoms with Gasteiger partial charge in [-0.25, -0.2) is 10.1 Å². The number of anilines is 1. The standard InChI is InChI=1S/C18H10ClF3N2O4/c19-9-5-6-13-11(7-9)15(10-3-1-2-4-12(10)27-13)28-17(25)24-16-23-14(8-26-16)18(20,21)22/h1-8,15H,(H,23,24,25). The van der Waals surface area contributed by atoms with Crippen LogP contribution in [0.4, 0.5) is 24.0 Å². The van der Waals surface area contributed by atoms with Crippen molar-refractivity contribution in [3.63, 3.8) is 0 Å². The van der Waals surface area contributed by atoms with E-state index >= 15 is 0 Å². The zero-order valence-electron chi connectivity index (χ0n) is 13.8. The van der Waals surface area contributed by atoms with Crippen molar-refractivity contribution in [3.05, 3.63) is 70.6 Å². The number of carbonyl (C=O) groups is 1. The molecule has 3 aromatic rings. The number of carbonyl (C=O) groups excluding carboxylic acids is 1. The quantitative estimate of drug-likeness (QED) is 0.578. The van der Waals surface area contributed by atoms with Crippen LogP contribution >= 0.6 is 11.6 Å². The molecule has 144 valence electrons. The summed E-state index contributed by atoms with van der Waals surface area (Å²) in [5, 5.41) is 2.45. The van der Waals surface area contributed by atoms with Crippen LogP contribution in [0.5, 0.6) is 11.5 Å². The molecule has 6 nitrogen and oxygen atoms in total. The zero-order valence-corrected chi connectivity index (χ0v) is 14.5. The summed E-state index contributed by atoms with van der Waals surface area (Å²) < 4.78 is 53.6. The van der Waals surface area contributed by atoms with E-state index in [1.807, 2.05) is 5.32 Å². The van der Waals surface area contributed by atoms with E-state index in [0.29, 0.717) is 33.9 Å². The Labute approximate surface area is 160 Å². The van der Waals surface area contributed by atoms with Gasteiger partial charge in [-0.1, -0.05) is 29.8 Å². The summed E-state index contributed by atoms with van der Waals surface area (Å²) in [6.45, 7) is 0. The number of oxazole rings is 1. The van der Waals surface area contributed by atoms with Crippen molar-refractivity contribution in [2.75, 3.05) is 5.32 Å². The molecule has 0 radical (unpaired) electrons. The van der Waals surface area contributed by atoms with Crippen molar-refractivity contribution in [2.24, 2.45) is 0 Å². The summed E-state index contributed by atoms with van der Waals surface area (Å²) in [5.41, 5.74) is -0.225. The lowest BCUT2D eigenvalue weighted by atomic mass is 9.97. The molecule has 1 aromatic heterocycles. The maximum atomic E-state index is 12.6. The van der Waals surface area contributed by atoms with Gasteiger partial charge in [0.25, 0.3) is 0 Å². The Hall–Kier alpha value is -3.20. The van der Waals surface area contributed by atoms with Crippen LogP contribution in [-0.4, -0.2) is 11.1 Å².